The number of hydrogen-bond acceptors (Lipinski definition) is 4. The van der Waals surface area contributed by atoms with Crippen LogP contribution in [-0.2, 0) is 13.9 Å². The van der Waals surface area contributed by atoms with Gasteiger partial charge in [0.1, 0.15) is 5.60 Å². The Morgan fingerprint density at radius 3 is 1.88 bits per heavy atom. The first kappa shape index (κ1) is 26.5. The van der Waals surface area contributed by atoms with Crippen molar-refractivity contribution in [3.8, 4) is 0 Å². The van der Waals surface area contributed by atoms with E-state index in [1.54, 1.807) is 7.11 Å². The summed E-state index contributed by atoms with van der Waals surface area (Å²) >= 11 is 0. The molecule has 5 nitrogen and oxygen atoms in total. The Morgan fingerprint density at radius 1 is 0.912 bits per heavy atom. The van der Waals surface area contributed by atoms with E-state index < -0.39 is 13.9 Å². The van der Waals surface area contributed by atoms with Gasteiger partial charge in [-0.1, -0.05) is 81.4 Å². The van der Waals surface area contributed by atoms with E-state index in [2.05, 4.69) is 69.3 Å². The highest BCUT2D eigenvalue weighted by Crippen LogP contribution is 2.37. The van der Waals surface area contributed by atoms with Gasteiger partial charge in [0.05, 0.1) is 19.3 Å². The van der Waals surface area contributed by atoms with Gasteiger partial charge < -0.3 is 18.8 Å². The third-order valence-electron chi connectivity index (χ3n) is 6.44. The highest BCUT2D eigenvalue weighted by Gasteiger charge is 2.51. The van der Waals surface area contributed by atoms with Crippen LogP contribution in [0.1, 0.15) is 48.0 Å². The summed E-state index contributed by atoms with van der Waals surface area (Å²) in [7, 11) is -0.966. The lowest BCUT2D eigenvalue weighted by Crippen LogP contribution is -2.67. The van der Waals surface area contributed by atoms with Crippen LogP contribution >= 0.6 is 0 Å². The van der Waals surface area contributed by atoms with Crippen LogP contribution in [0.5, 0.6) is 0 Å². The van der Waals surface area contributed by atoms with Gasteiger partial charge in [-0.25, -0.2) is 4.79 Å². The van der Waals surface area contributed by atoms with E-state index >= 15 is 0 Å². The summed E-state index contributed by atoms with van der Waals surface area (Å²) in [6, 6.07) is 21.2. The molecular weight excluding hydrogens is 442 g/mol. The van der Waals surface area contributed by atoms with E-state index in [4.69, 9.17) is 13.9 Å². The number of methoxy groups -OCH3 is 1. The summed E-state index contributed by atoms with van der Waals surface area (Å²) in [6.45, 7) is 14.2. The van der Waals surface area contributed by atoms with E-state index in [-0.39, 0.29) is 23.1 Å². The maximum Gasteiger partial charge on any atom is 0.410 e. The number of nitrogens with zero attached hydrogens (tertiary/aromatic N) is 1. The predicted octanol–water partition coefficient (Wildman–Crippen LogP) is 4.84. The van der Waals surface area contributed by atoms with Gasteiger partial charge in [0.15, 0.2) is 0 Å². The Balaban J connectivity index is 1.97. The van der Waals surface area contributed by atoms with Crippen LogP contribution in [-0.4, -0.2) is 57.8 Å². The molecule has 3 rings (SSSR count). The Bertz CT molecular complexity index is 881. The number of carbonyl (C=O) groups is 1. The first-order chi connectivity index (χ1) is 16.0. The average molecular weight is 484 g/mol. The molecule has 1 saturated heterocycles. The number of benzene rings is 2. The SMILES string of the molecule is COCC1C[C@@H](CO[Si](c2ccccc2)(c2ccccc2)C(C)(C)C)N(C(=O)OC(C)(C)C)C1. The number of ether oxygens (including phenoxy) is 2. The first-order valence-corrected chi connectivity index (χ1v) is 14.1. The summed E-state index contributed by atoms with van der Waals surface area (Å²) in [5.41, 5.74) is -0.542. The van der Waals surface area contributed by atoms with Crippen molar-refractivity contribution >= 4 is 24.8 Å². The molecule has 0 radical (unpaired) electrons. The molecule has 1 heterocycles. The number of carbonyl (C=O) groups excluding carboxylic acids is 1. The molecular formula is C28H41NO4Si. The van der Waals surface area contributed by atoms with Crippen molar-refractivity contribution in [2.24, 2.45) is 5.92 Å². The number of likely N-dealkylation sites (tertiary alicyclic amines) is 1. The number of rotatable bonds is 7. The van der Waals surface area contributed by atoms with E-state index in [1.165, 1.54) is 10.4 Å². The molecule has 2 atom stereocenters. The van der Waals surface area contributed by atoms with Gasteiger partial charge in [-0.2, -0.15) is 0 Å². The maximum atomic E-state index is 13.1. The molecule has 1 unspecified atom stereocenters. The monoisotopic (exact) mass is 483 g/mol. The molecule has 0 saturated carbocycles. The van der Waals surface area contributed by atoms with Gasteiger partial charge >= 0.3 is 6.09 Å². The Kier molecular flexibility index (Phi) is 8.27. The van der Waals surface area contributed by atoms with Gasteiger partial charge in [0.2, 0.25) is 0 Å². The lowest BCUT2D eigenvalue weighted by atomic mass is 10.1. The van der Waals surface area contributed by atoms with Crippen molar-refractivity contribution < 1.29 is 18.7 Å². The van der Waals surface area contributed by atoms with Crippen LogP contribution in [0, 0.1) is 5.92 Å². The normalized spacial score (nSPS) is 19.3. The third kappa shape index (κ3) is 5.91. The van der Waals surface area contributed by atoms with Crippen molar-refractivity contribution in [1.82, 2.24) is 4.90 Å². The summed E-state index contributed by atoms with van der Waals surface area (Å²) in [5, 5.41) is 2.37. The van der Waals surface area contributed by atoms with E-state index in [1.807, 2.05) is 37.8 Å². The molecule has 0 bridgehead atoms. The van der Waals surface area contributed by atoms with Crippen molar-refractivity contribution in [1.29, 1.82) is 0 Å². The molecule has 1 aliphatic rings. The van der Waals surface area contributed by atoms with Crippen molar-refractivity contribution in [3.63, 3.8) is 0 Å². The van der Waals surface area contributed by atoms with Crippen molar-refractivity contribution in [2.45, 2.75) is 64.6 Å². The second-order valence-electron chi connectivity index (χ2n) is 11.3. The highest BCUT2D eigenvalue weighted by molar-refractivity contribution is 6.99. The number of hydrogen-bond donors (Lipinski definition) is 0. The zero-order valence-electron chi connectivity index (χ0n) is 21.8. The summed E-state index contributed by atoms with van der Waals surface area (Å²) in [5.74, 6) is 0.269. The van der Waals surface area contributed by atoms with Crippen LogP contribution in [0.4, 0.5) is 4.79 Å². The third-order valence-corrected chi connectivity index (χ3v) is 11.4. The molecule has 0 aromatic heterocycles. The van der Waals surface area contributed by atoms with E-state index in [0.29, 0.717) is 19.8 Å². The standard InChI is InChI=1S/C28H41NO4Si/c1-27(2,3)33-26(30)29-19-22(20-31-7)18-23(29)21-32-34(28(4,5)6,24-14-10-8-11-15-24)25-16-12-9-13-17-25/h8-17,22-23H,18-21H2,1-7H3/t22?,23-/m0/s1. The molecule has 1 amide bonds. The van der Waals surface area contributed by atoms with Crippen LogP contribution in [0.3, 0.4) is 0 Å². The van der Waals surface area contributed by atoms with Gasteiger partial charge in [-0.15, -0.1) is 0 Å². The fraction of sp³-hybridized carbons (Fsp3) is 0.536. The molecule has 2 aromatic rings. The first-order valence-electron chi connectivity index (χ1n) is 12.2. The Labute approximate surface area is 206 Å². The molecule has 0 N–H and O–H groups in total. The smallest absolute Gasteiger partial charge is 0.410 e. The fourth-order valence-electron chi connectivity index (χ4n) is 5.06. The van der Waals surface area contributed by atoms with Crippen LogP contribution in [0.2, 0.25) is 5.04 Å². The predicted molar refractivity (Wildman–Crippen MR) is 140 cm³/mol. The van der Waals surface area contributed by atoms with E-state index in [9.17, 15) is 4.79 Å². The maximum absolute atomic E-state index is 13.1. The minimum atomic E-state index is -2.68. The second-order valence-corrected chi connectivity index (χ2v) is 15.6. The molecule has 1 fully saturated rings. The quantitative estimate of drug-likeness (QED) is 0.529. The topological polar surface area (TPSA) is 48.0 Å². The second kappa shape index (κ2) is 10.6. The Morgan fingerprint density at radius 2 is 1.44 bits per heavy atom. The van der Waals surface area contributed by atoms with Crippen LogP contribution in [0.15, 0.2) is 60.7 Å². The number of amides is 1. The molecule has 1 aliphatic heterocycles. The minimum Gasteiger partial charge on any atom is -0.444 e. The van der Waals surface area contributed by atoms with Crippen LogP contribution < -0.4 is 10.4 Å². The van der Waals surface area contributed by atoms with Gasteiger partial charge in [0, 0.05) is 19.6 Å². The molecule has 0 aliphatic carbocycles. The lowest BCUT2D eigenvalue weighted by molar-refractivity contribution is 0.0175. The molecule has 0 spiro atoms. The zero-order valence-corrected chi connectivity index (χ0v) is 22.8. The zero-order chi connectivity index (χ0) is 25.0. The summed E-state index contributed by atoms with van der Waals surface area (Å²) in [6.07, 6.45) is 0.563. The highest BCUT2D eigenvalue weighted by atomic mass is 28.4. The van der Waals surface area contributed by atoms with E-state index in [0.717, 1.165) is 6.42 Å². The van der Waals surface area contributed by atoms with Crippen molar-refractivity contribution in [3.05, 3.63) is 60.7 Å². The average Bonchev–Trinajstić information content (AvgIpc) is 3.17. The molecule has 6 heteroatoms. The fourth-order valence-corrected chi connectivity index (χ4v) is 9.65. The molecule has 34 heavy (non-hydrogen) atoms. The van der Waals surface area contributed by atoms with Gasteiger partial charge in [-0.05, 0) is 42.6 Å². The molecule has 186 valence electrons. The Hall–Kier alpha value is -2.15. The largest absolute Gasteiger partial charge is 0.444 e. The molecule has 2 aromatic carbocycles. The van der Waals surface area contributed by atoms with Gasteiger partial charge in [0.25, 0.3) is 8.32 Å². The summed E-state index contributed by atoms with van der Waals surface area (Å²) < 4.78 is 18.3. The van der Waals surface area contributed by atoms with Crippen molar-refractivity contribution in [2.75, 3.05) is 26.9 Å². The lowest BCUT2D eigenvalue weighted by Gasteiger charge is -2.44. The minimum absolute atomic E-state index is 0.0587. The van der Waals surface area contributed by atoms with Crippen LogP contribution in [0.25, 0.3) is 0 Å². The van der Waals surface area contributed by atoms with Gasteiger partial charge in [-0.3, -0.25) is 0 Å². The summed E-state index contributed by atoms with van der Waals surface area (Å²) in [4.78, 5) is 15.0.